The molecule has 1 unspecified atom stereocenters. The number of aryl methyl sites for hydroxylation is 2. The third kappa shape index (κ3) is 3.28. The second-order valence-electron chi connectivity index (χ2n) is 5.02. The van der Waals surface area contributed by atoms with E-state index in [1.165, 1.54) is 0 Å². The molecule has 0 spiro atoms. The molecular weight excluding hydrogens is 316 g/mol. The lowest BCUT2D eigenvalue weighted by molar-refractivity contribution is -0.138. The highest BCUT2D eigenvalue weighted by Gasteiger charge is 2.21. The standard InChI is InChI=1S/C17H17BrO2/c1-11-4-3-5-12(2)15(11)10-16(17(19)20)13-6-8-14(18)9-7-13/h3-9,16H,10H2,1-2H3,(H,19,20). The van der Waals surface area contributed by atoms with E-state index >= 15 is 0 Å². The first kappa shape index (κ1) is 14.8. The zero-order valence-corrected chi connectivity index (χ0v) is 13.1. The summed E-state index contributed by atoms with van der Waals surface area (Å²) >= 11 is 3.37. The maximum Gasteiger partial charge on any atom is 0.311 e. The van der Waals surface area contributed by atoms with Crippen LogP contribution in [0.25, 0.3) is 0 Å². The number of carboxylic acid groups (broad SMARTS) is 1. The van der Waals surface area contributed by atoms with Crippen LogP contribution in [-0.4, -0.2) is 11.1 Å². The van der Waals surface area contributed by atoms with Crippen molar-refractivity contribution in [3.63, 3.8) is 0 Å². The molecular formula is C17H17BrO2. The third-order valence-electron chi connectivity index (χ3n) is 3.62. The average molecular weight is 333 g/mol. The van der Waals surface area contributed by atoms with Crippen LogP contribution >= 0.6 is 15.9 Å². The third-order valence-corrected chi connectivity index (χ3v) is 4.15. The maximum atomic E-state index is 11.6. The van der Waals surface area contributed by atoms with E-state index in [-0.39, 0.29) is 0 Å². The van der Waals surface area contributed by atoms with E-state index in [4.69, 9.17) is 0 Å². The summed E-state index contributed by atoms with van der Waals surface area (Å²) in [5.74, 6) is -1.29. The first-order valence-electron chi connectivity index (χ1n) is 6.52. The van der Waals surface area contributed by atoms with E-state index in [9.17, 15) is 9.90 Å². The summed E-state index contributed by atoms with van der Waals surface area (Å²) in [4.78, 5) is 11.6. The molecule has 20 heavy (non-hydrogen) atoms. The lowest BCUT2D eigenvalue weighted by Crippen LogP contribution is -2.15. The Bertz CT molecular complexity index is 597. The minimum Gasteiger partial charge on any atom is -0.481 e. The first-order chi connectivity index (χ1) is 9.49. The molecule has 0 aliphatic heterocycles. The molecule has 2 aromatic rings. The van der Waals surface area contributed by atoms with Gasteiger partial charge in [0.2, 0.25) is 0 Å². The second kappa shape index (κ2) is 6.23. The molecule has 3 heteroatoms. The fourth-order valence-corrected chi connectivity index (χ4v) is 2.68. The van der Waals surface area contributed by atoms with Crippen LogP contribution in [0.1, 0.15) is 28.2 Å². The summed E-state index contributed by atoms with van der Waals surface area (Å²) < 4.78 is 0.956. The van der Waals surface area contributed by atoms with Crippen LogP contribution in [0.2, 0.25) is 0 Å². The average Bonchev–Trinajstić information content (AvgIpc) is 2.39. The molecule has 0 bridgehead atoms. The Morgan fingerprint density at radius 3 is 2.15 bits per heavy atom. The smallest absolute Gasteiger partial charge is 0.311 e. The van der Waals surface area contributed by atoms with Gasteiger partial charge in [-0.3, -0.25) is 4.79 Å². The van der Waals surface area contributed by atoms with Crippen molar-refractivity contribution in [2.75, 3.05) is 0 Å². The Morgan fingerprint density at radius 1 is 1.10 bits per heavy atom. The summed E-state index contributed by atoms with van der Waals surface area (Å²) in [5.41, 5.74) is 4.26. The van der Waals surface area contributed by atoms with Crippen molar-refractivity contribution < 1.29 is 9.90 Å². The second-order valence-corrected chi connectivity index (χ2v) is 5.93. The Hall–Kier alpha value is -1.61. The molecule has 2 aromatic carbocycles. The van der Waals surface area contributed by atoms with Gasteiger partial charge in [-0.1, -0.05) is 46.3 Å². The Labute approximate surface area is 127 Å². The van der Waals surface area contributed by atoms with Gasteiger partial charge in [0, 0.05) is 4.47 Å². The number of hydrogen-bond donors (Lipinski definition) is 1. The Kier molecular flexibility index (Phi) is 4.61. The van der Waals surface area contributed by atoms with Gasteiger partial charge < -0.3 is 5.11 Å². The Balaban J connectivity index is 2.35. The largest absolute Gasteiger partial charge is 0.481 e. The number of aliphatic carboxylic acids is 1. The molecule has 0 aliphatic carbocycles. The van der Waals surface area contributed by atoms with Crippen LogP contribution in [0.3, 0.4) is 0 Å². The zero-order chi connectivity index (χ0) is 14.7. The number of halogens is 1. The van der Waals surface area contributed by atoms with Crippen molar-refractivity contribution in [3.05, 3.63) is 69.2 Å². The number of carbonyl (C=O) groups is 1. The van der Waals surface area contributed by atoms with Gasteiger partial charge in [-0.2, -0.15) is 0 Å². The predicted molar refractivity (Wildman–Crippen MR) is 84.1 cm³/mol. The van der Waals surface area contributed by atoms with Gasteiger partial charge in [-0.25, -0.2) is 0 Å². The quantitative estimate of drug-likeness (QED) is 0.896. The molecule has 0 radical (unpaired) electrons. The van der Waals surface area contributed by atoms with Gasteiger partial charge in [0.1, 0.15) is 0 Å². The van der Waals surface area contributed by atoms with Gasteiger partial charge in [0.25, 0.3) is 0 Å². The summed E-state index contributed by atoms with van der Waals surface area (Å²) in [5, 5.41) is 9.53. The fourth-order valence-electron chi connectivity index (χ4n) is 2.42. The van der Waals surface area contributed by atoms with Crippen LogP contribution < -0.4 is 0 Å². The lowest BCUT2D eigenvalue weighted by atomic mass is 9.88. The predicted octanol–water partition coefficient (Wildman–Crippen LogP) is 4.48. The van der Waals surface area contributed by atoms with Crippen molar-refractivity contribution >= 4 is 21.9 Å². The molecule has 0 heterocycles. The molecule has 0 fully saturated rings. The van der Waals surface area contributed by atoms with Crippen molar-refractivity contribution in [2.45, 2.75) is 26.2 Å². The SMILES string of the molecule is Cc1cccc(C)c1CC(C(=O)O)c1ccc(Br)cc1. The summed E-state index contributed by atoms with van der Waals surface area (Å²) in [6.45, 7) is 4.06. The zero-order valence-electron chi connectivity index (χ0n) is 11.6. The molecule has 104 valence electrons. The van der Waals surface area contributed by atoms with E-state index in [1.807, 2.05) is 56.3 Å². The molecule has 1 atom stereocenters. The van der Waals surface area contributed by atoms with Crippen molar-refractivity contribution in [2.24, 2.45) is 0 Å². The molecule has 2 nitrogen and oxygen atoms in total. The van der Waals surface area contributed by atoms with Gasteiger partial charge >= 0.3 is 5.97 Å². The summed E-state index contributed by atoms with van der Waals surface area (Å²) in [7, 11) is 0. The normalized spacial score (nSPS) is 12.2. The van der Waals surface area contributed by atoms with Crippen LogP contribution in [0, 0.1) is 13.8 Å². The van der Waals surface area contributed by atoms with E-state index in [1.54, 1.807) is 0 Å². The van der Waals surface area contributed by atoms with Gasteiger partial charge in [0.05, 0.1) is 5.92 Å². The van der Waals surface area contributed by atoms with E-state index in [0.717, 1.165) is 26.7 Å². The Morgan fingerprint density at radius 2 is 1.65 bits per heavy atom. The minimum atomic E-state index is -0.782. The van der Waals surface area contributed by atoms with Gasteiger partial charge in [0.15, 0.2) is 0 Å². The highest BCUT2D eigenvalue weighted by Crippen LogP contribution is 2.26. The number of benzene rings is 2. The van der Waals surface area contributed by atoms with E-state index in [2.05, 4.69) is 15.9 Å². The maximum absolute atomic E-state index is 11.6. The summed E-state index contributed by atoms with van der Waals surface area (Å²) in [6.07, 6.45) is 0.523. The van der Waals surface area contributed by atoms with Crippen molar-refractivity contribution in [1.82, 2.24) is 0 Å². The van der Waals surface area contributed by atoms with Gasteiger partial charge in [-0.15, -0.1) is 0 Å². The van der Waals surface area contributed by atoms with Crippen LogP contribution in [0.5, 0.6) is 0 Å². The summed E-state index contributed by atoms with van der Waals surface area (Å²) in [6, 6.07) is 13.6. The van der Waals surface area contributed by atoms with Crippen molar-refractivity contribution in [3.8, 4) is 0 Å². The molecule has 0 amide bonds. The lowest BCUT2D eigenvalue weighted by Gasteiger charge is -2.16. The minimum absolute atomic E-state index is 0.511. The number of hydrogen-bond acceptors (Lipinski definition) is 1. The van der Waals surface area contributed by atoms with Gasteiger partial charge in [-0.05, 0) is 54.7 Å². The van der Waals surface area contributed by atoms with Crippen LogP contribution in [0.15, 0.2) is 46.9 Å². The van der Waals surface area contributed by atoms with Crippen molar-refractivity contribution in [1.29, 1.82) is 0 Å². The molecule has 1 N–H and O–H groups in total. The highest BCUT2D eigenvalue weighted by atomic mass is 79.9. The molecule has 0 aromatic heterocycles. The van der Waals surface area contributed by atoms with Crippen LogP contribution in [-0.2, 0) is 11.2 Å². The molecule has 0 saturated heterocycles. The highest BCUT2D eigenvalue weighted by molar-refractivity contribution is 9.10. The number of rotatable bonds is 4. The van der Waals surface area contributed by atoms with E-state index in [0.29, 0.717) is 6.42 Å². The topological polar surface area (TPSA) is 37.3 Å². The fraction of sp³-hybridized carbons (Fsp3) is 0.235. The van der Waals surface area contributed by atoms with E-state index < -0.39 is 11.9 Å². The van der Waals surface area contributed by atoms with Crippen LogP contribution in [0.4, 0.5) is 0 Å². The number of carboxylic acids is 1. The molecule has 0 aliphatic rings. The molecule has 0 saturated carbocycles. The first-order valence-corrected chi connectivity index (χ1v) is 7.31. The molecule has 2 rings (SSSR count). The monoisotopic (exact) mass is 332 g/mol.